The van der Waals surface area contributed by atoms with E-state index in [2.05, 4.69) is 10.3 Å². The first-order valence-electron chi connectivity index (χ1n) is 6.77. The smallest absolute Gasteiger partial charge is 0.358 e. The summed E-state index contributed by atoms with van der Waals surface area (Å²) >= 11 is 0. The third-order valence-electron chi connectivity index (χ3n) is 2.96. The number of hydrogen-bond donors (Lipinski definition) is 2. The number of carbonyl (C=O) groups is 1. The number of aromatic carboxylic acids is 1. The molecule has 0 bridgehead atoms. The van der Waals surface area contributed by atoms with Crippen molar-refractivity contribution >= 4 is 11.7 Å². The fraction of sp³-hybridized carbons (Fsp3) is 0.357. The van der Waals surface area contributed by atoms with E-state index in [0.717, 1.165) is 6.42 Å². The van der Waals surface area contributed by atoms with Crippen molar-refractivity contribution in [2.75, 3.05) is 12.3 Å². The highest BCUT2D eigenvalue weighted by atomic mass is 16.5. The second-order valence-corrected chi connectivity index (χ2v) is 4.50. The third kappa shape index (κ3) is 2.96. The zero-order valence-electron chi connectivity index (χ0n) is 12.0. The Kier molecular flexibility index (Phi) is 4.42. The van der Waals surface area contributed by atoms with E-state index in [1.54, 1.807) is 22.9 Å². The lowest BCUT2D eigenvalue weighted by Crippen LogP contribution is -2.05. The largest absolute Gasteiger partial charge is 0.492 e. The van der Waals surface area contributed by atoms with Crippen LogP contribution in [-0.2, 0) is 6.54 Å². The van der Waals surface area contributed by atoms with E-state index in [4.69, 9.17) is 10.5 Å². The van der Waals surface area contributed by atoms with Gasteiger partial charge in [-0.3, -0.25) is 0 Å². The Morgan fingerprint density at radius 2 is 2.19 bits per heavy atom. The minimum absolute atomic E-state index is 0.0768. The SMILES string of the molecule is CCCn1nnc(C(=O)O)c1-c1ccc(OCC)c(N)c1. The number of ether oxygens (including phenoxy) is 1. The van der Waals surface area contributed by atoms with Crippen molar-refractivity contribution in [1.82, 2.24) is 15.0 Å². The molecule has 0 atom stereocenters. The van der Waals surface area contributed by atoms with Crippen LogP contribution in [0.3, 0.4) is 0 Å². The quantitative estimate of drug-likeness (QED) is 0.789. The first kappa shape index (κ1) is 14.8. The molecule has 0 aliphatic heterocycles. The van der Waals surface area contributed by atoms with Crippen LogP contribution < -0.4 is 10.5 Å². The second-order valence-electron chi connectivity index (χ2n) is 4.50. The average Bonchev–Trinajstić information content (AvgIpc) is 2.86. The lowest BCUT2D eigenvalue weighted by molar-refractivity contribution is 0.0691. The summed E-state index contributed by atoms with van der Waals surface area (Å²) in [6, 6.07) is 5.17. The van der Waals surface area contributed by atoms with Crippen molar-refractivity contribution in [3.63, 3.8) is 0 Å². The maximum atomic E-state index is 11.3. The predicted molar refractivity (Wildman–Crippen MR) is 78.3 cm³/mol. The van der Waals surface area contributed by atoms with Crippen molar-refractivity contribution < 1.29 is 14.6 Å². The molecule has 0 unspecified atom stereocenters. The molecule has 0 saturated heterocycles. The van der Waals surface area contributed by atoms with Crippen molar-refractivity contribution in [3.05, 3.63) is 23.9 Å². The van der Waals surface area contributed by atoms with Gasteiger partial charge in [0.15, 0.2) is 5.69 Å². The van der Waals surface area contributed by atoms with E-state index in [9.17, 15) is 9.90 Å². The number of nitrogen functional groups attached to an aromatic ring is 1. The topological polar surface area (TPSA) is 103 Å². The van der Waals surface area contributed by atoms with Gasteiger partial charge in [-0.15, -0.1) is 5.10 Å². The summed E-state index contributed by atoms with van der Waals surface area (Å²) in [5.74, 6) is -0.535. The van der Waals surface area contributed by atoms with Crippen molar-refractivity contribution in [1.29, 1.82) is 0 Å². The number of aromatic nitrogens is 3. The molecule has 7 heteroatoms. The normalized spacial score (nSPS) is 10.6. The number of rotatable bonds is 6. The number of carboxylic acid groups (broad SMARTS) is 1. The van der Waals surface area contributed by atoms with Crippen LogP contribution in [0.1, 0.15) is 30.8 Å². The number of nitrogens with two attached hydrogens (primary N) is 1. The zero-order chi connectivity index (χ0) is 15.4. The molecule has 0 radical (unpaired) electrons. The number of benzene rings is 1. The van der Waals surface area contributed by atoms with E-state index < -0.39 is 5.97 Å². The maximum Gasteiger partial charge on any atom is 0.358 e. The molecule has 0 amide bonds. The van der Waals surface area contributed by atoms with E-state index in [0.29, 0.717) is 35.8 Å². The Labute approximate surface area is 122 Å². The molecule has 3 N–H and O–H groups in total. The van der Waals surface area contributed by atoms with Crippen LogP contribution in [0.25, 0.3) is 11.3 Å². The van der Waals surface area contributed by atoms with Gasteiger partial charge in [-0.25, -0.2) is 9.48 Å². The fourth-order valence-electron chi connectivity index (χ4n) is 2.09. The van der Waals surface area contributed by atoms with Gasteiger partial charge in [-0.1, -0.05) is 12.1 Å². The predicted octanol–water partition coefficient (Wildman–Crippen LogP) is 2.03. The first-order chi connectivity index (χ1) is 10.1. The molecule has 1 heterocycles. The molecule has 21 heavy (non-hydrogen) atoms. The zero-order valence-corrected chi connectivity index (χ0v) is 12.0. The highest BCUT2D eigenvalue weighted by Crippen LogP contribution is 2.30. The number of carboxylic acids is 1. The summed E-state index contributed by atoms with van der Waals surface area (Å²) in [7, 11) is 0. The molecule has 0 aliphatic rings. The van der Waals surface area contributed by atoms with Gasteiger partial charge in [0.2, 0.25) is 0 Å². The monoisotopic (exact) mass is 290 g/mol. The molecular weight excluding hydrogens is 272 g/mol. The highest BCUT2D eigenvalue weighted by Gasteiger charge is 2.20. The number of aryl methyl sites for hydroxylation is 1. The van der Waals surface area contributed by atoms with Gasteiger partial charge in [0.1, 0.15) is 11.4 Å². The number of anilines is 1. The number of nitrogens with zero attached hydrogens (tertiary/aromatic N) is 3. The molecule has 0 fully saturated rings. The highest BCUT2D eigenvalue weighted by molar-refractivity contribution is 5.93. The van der Waals surface area contributed by atoms with Crippen LogP contribution in [0.5, 0.6) is 5.75 Å². The van der Waals surface area contributed by atoms with Crippen LogP contribution in [0.4, 0.5) is 5.69 Å². The van der Waals surface area contributed by atoms with Gasteiger partial charge < -0.3 is 15.6 Å². The van der Waals surface area contributed by atoms with Gasteiger partial charge in [0.05, 0.1) is 12.3 Å². The van der Waals surface area contributed by atoms with Crippen LogP contribution in [0.2, 0.25) is 0 Å². The molecule has 112 valence electrons. The first-order valence-corrected chi connectivity index (χ1v) is 6.77. The van der Waals surface area contributed by atoms with E-state index in [1.807, 2.05) is 13.8 Å². The Morgan fingerprint density at radius 3 is 2.76 bits per heavy atom. The van der Waals surface area contributed by atoms with Crippen molar-refractivity contribution in [3.8, 4) is 17.0 Å². The van der Waals surface area contributed by atoms with E-state index >= 15 is 0 Å². The van der Waals surface area contributed by atoms with Crippen LogP contribution in [0, 0.1) is 0 Å². The van der Waals surface area contributed by atoms with Crippen molar-refractivity contribution in [2.24, 2.45) is 0 Å². The van der Waals surface area contributed by atoms with Gasteiger partial charge in [-0.2, -0.15) is 0 Å². The molecule has 0 saturated carbocycles. The molecule has 7 nitrogen and oxygen atoms in total. The Morgan fingerprint density at radius 1 is 1.43 bits per heavy atom. The van der Waals surface area contributed by atoms with Gasteiger partial charge in [-0.05, 0) is 31.5 Å². The second kappa shape index (κ2) is 6.25. The van der Waals surface area contributed by atoms with Crippen LogP contribution >= 0.6 is 0 Å². The summed E-state index contributed by atoms with van der Waals surface area (Å²) < 4.78 is 6.97. The molecule has 2 rings (SSSR count). The van der Waals surface area contributed by atoms with Crippen LogP contribution in [-0.4, -0.2) is 32.7 Å². The standard InChI is InChI=1S/C14H18N4O3/c1-3-7-18-13(12(14(19)20)16-17-18)9-5-6-11(21-4-2)10(15)8-9/h5-6,8H,3-4,7,15H2,1-2H3,(H,19,20). The molecule has 1 aromatic carbocycles. The molecule has 2 aromatic rings. The average molecular weight is 290 g/mol. The lowest BCUT2D eigenvalue weighted by Gasteiger charge is -2.10. The minimum Gasteiger partial charge on any atom is -0.492 e. The third-order valence-corrected chi connectivity index (χ3v) is 2.96. The Bertz CT molecular complexity index is 652. The summed E-state index contributed by atoms with van der Waals surface area (Å²) in [5.41, 5.74) is 7.43. The summed E-state index contributed by atoms with van der Waals surface area (Å²) in [5, 5.41) is 16.9. The van der Waals surface area contributed by atoms with Gasteiger partial charge >= 0.3 is 5.97 Å². The van der Waals surface area contributed by atoms with Crippen LogP contribution in [0.15, 0.2) is 18.2 Å². The maximum absolute atomic E-state index is 11.3. The summed E-state index contributed by atoms with van der Waals surface area (Å²) in [4.78, 5) is 11.3. The molecular formula is C14H18N4O3. The summed E-state index contributed by atoms with van der Waals surface area (Å²) in [6.07, 6.45) is 0.821. The lowest BCUT2D eigenvalue weighted by atomic mass is 10.1. The van der Waals surface area contributed by atoms with E-state index in [1.165, 1.54) is 0 Å². The van der Waals surface area contributed by atoms with Crippen molar-refractivity contribution in [2.45, 2.75) is 26.8 Å². The van der Waals surface area contributed by atoms with E-state index in [-0.39, 0.29) is 5.69 Å². The Balaban J connectivity index is 2.52. The molecule has 1 aromatic heterocycles. The number of hydrogen-bond acceptors (Lipinski definition) is 5. The van der Waals surface area contributed by atoms with Gasteiger partial charge in [0.25, 0.3) is 0 Å². The summed E-state index contributed by atoms with van der Waals surface area (Å²) in [6.45, 7) is 4.95. The van der Waals surface area contributed by atoms with Gasteiger partial charge in [0, 0.05) is 12.1 Å². The molecule has 0 aliphatic carbocycles. The molecule has 0 spiro atoms. The minimum atomic E-state index is -1.11. The Hall–Kier alpha value is -2.57. The fourth-order valence-corrected chi connectivity index (χ4v) is 2.09.